The Morgan fingerprint density at radius 2 is 2.11 bits per heavy atom. The van der Waals surface area contributed by atoms with Gasteiger partial charge in [-0.2, -0.15) is 17.7 Å². The van der Waals surface area contributed by atoms with Crippen LogP contribution in [0.3, 0.4) is 0 Å². The van der Waals surface area contributed by atoms with Crippen molar-refractivity contribution in [3.05, 3.63) is 24.3 Å². The molecule has 1 heterocycles. The van der Waals surface area contributed by atoms with E-state index < -0.39 is 10.2 Å². The summed E-state index contributed by atoms with van der Waals surface area (Å²) in [6.45, 7) is 0. The third kappa shape index (κ3) is 3.01. The van der Waals surface area contributed by atoms with Crippen molar-refractivity contribution in [2.75, 3.05) is 19.4 Å². The highest BCUT2D eigenvalue weighted by molar-refractivity contribution is 7.87. The van der Waals surface area contributed by atoms with E-state index in [9.17, 15) is 8.42 Å². The third-order valence-corrected chi connectivity index (χ3v) is 3.55. The molecular formula is C10H13N5O3S. The molecule has 1 aromatic heterocycles. The fraction of sp³-hybridized carbons (Fsp3) is 0.200. The maximum absolute atomic E-state index is 11.5. The van der Waals surface area contributed by atoms with Crippen molar-refractivity contribution in [3.8, 4) is 0 Å². The van der Waals surface area contributed by atoms with Crippen LogP contribution in [0.15, 0.2) is 33.1 Å². The number of guanidine groups is 1. The van der Waals surface area contributed by atoms with Gasteiger partial charge < -0.3 is 10.2 Å². The third-order valence-electron chi connectivity index (χ3n) is 2.20. The number of nitrogens with one attached hydrogen (secondary N) is 1. The highest BCUT2D eigenvalue weighted by Crippen LogP contribution is 2.17. The number of para-hydroxylation sites is 2. The number of nitrogens with two attached hydrogens (primary N) is 1. The number of fused-ring (bicyclic) bond motifs is 1. The minimum atomic E-state index is -3.78. The lowest BCUT2D eigenvalue weighted by Crippen LogP contribution is -2.28. The highest BCUT2D eigenvalue weighted by Gasteiger charge is 2.13. The molecule has 2 aromatic rings. The van der Waals surface area contributed by atoms with E-state index in [0.717, 1.165) is 4.31 Å². The summed E-state index contributed by atoms with van der Waals surface area (Å²) in [5.74, 6) is -0.319. The Morgan fingerprint density at radius 1 is 1.42 bits per heavy atom. The molecule has 0 spiro atoms. The van der Waals surface area contributed by atoms with E-state index in [1.807, 2.05) is 6.07 Å². The topological polar surface area (TPSA) is 114 Å². The van der Waals surface area contributed by atoms with Crippen LogP contribution < -0.4 is 11.1 Å². The molecule has 0 saturated carbocycles. The molecule has 0 atom stereocenters. The molecule has 0 aliphatic rings. The lowest BCUT2D eigenvalue weighted by atomic mass is 10.3. The Balaban J connectivity index is 2.23. The predicted octanol–water partition coefficient (Wildman–Crippen LogP) is 0.361. The number of hydrogen-bond donors (Lipinski definition) is 2. The first kappa shape index (κ1) is 13.3. The average Bonchev–Trinajstić information content (AvgIpc) is 2.69. The number of anilines is 1. The minimum Gasteiger partial charge on any atom is -0.423 e. The van der Waals surface area contributed by atoms with Crippen LogP contribution in [-0.2, 0) is 10.2 Å². The van der Waals surface area contributed by atoms with Crippen molar-refractivity contribution < 1.29 is 12.8 Å². The largest absolute Gasteiger partial charge is 0.423 e. The smallest absolute Gasteiger partial charge is 0.325 e. The minimum absolute atomic E-state index is 0.0800. The number of aromatic nitrogens is 1. The van der Waals surface area contributed by atoms with Crippen molar-refractivity contribution in [3.63, 3.8) is 0 Å². The fourth-order valence-electron chi connectivity index (χ4n) is 1.26. The zero-order valence-electron chi connectivity index (χ0n) is 10.4. The van der Waals surface area contributed by atoms with Crippen LogP contribution in [0, 0.1) is 0 Å². The molecule has 1 aromatic carbocycles. The Bertz CT molecular complexity index is 687. The van der Waals surface area contributed by atoms with Gasteiger partial charge in [0.15, 0.2) is 5.58 Å². The molecule has 3 N–H and O–H groups in total. The molecule has 19 heavy (non-hydrogen) atoms. The molecule has 0 saturated heterocycles. The molecule has 0 amide bonds. The maximum Gasteiger partial charge on any atom is 0.325 e. The van der Waals surface area contributed by atoms with E-state index in [0.29, 0.717) is 11.1 Å². The zero-order valence-corrected chi connectivity index (χ0v) is 11.2. The number of oxazole rings is 1. The average molecular weight is 283 g/mol. The van der Waals surface area contributed by atoms with E-state index in [4.69, 9.17) is 10.2 Å². The first-order chi connectivity index (χ1) is 8.88. The number of nitrogens with zero attached hydrogens (tertiary/aromatic N) is 3. The molecular weight excluding hydrogens is 270 g/mol. The fourth-order valence-corrected chi connectivity index (χ4v) is 1.72. The summed E-state index contributed by atoms with van der Waals surface area (Å²) in [6.07, 6.45) is 0. The van der Waals surface area contributed by atoms with Crippen molar-refractivity contribution >= 4 is 33.3 Å². The van der Waals surface area contributed by atoms with E-state index in [-0.39, 0.29) is 12.0 Å². The molecule has 0 aliphatic heterocycles. The summed E-state index contributed by atoms with van der Waals surface area (Å²) >= 11 is 0. The molecule has 0 bridgehead atoms. The summed E-state index contributed by atoms with van der Waals surface area (Å²) in [7, 11) is -1.08. The molecule has 0 radical (unpaired) electrons. The van der Waals surface area contributed by atoms with Gasteiger partial charge in [-0.25, -0.2) is 0 Å². The highest BCUT2D eigenvalue weighted by atomic mass is 32.2. The second-order valence-electron chi connectivity index (χ2n) is 3.85. The van der Waals surface area contributed by atoms with Gasteiger partial charge in [0.05, 0.1) is 0 Å². The lowest BCUT2D eigenvalue weighted by Gasteiger charge is -2.06. The first-order valence-electron chi connectivity index (χ1n) is 5.29. The molecule has 2 rings (SSSR count). The van der Waals surface area contributed by atoms with Gasteiger partial charge in [-0.3, -0.25) is 5.32 Å². The van der Waals surface area contributed by atoms with Crippen LogP contribution in [0.4, 0.5) is 6.01 Å². The van der Waals surface area contributed by atoms with Crippen molar-refractivity contribution in [1.29, 1.82) is 0 Å². The molecule has 0 unspecified atom stereocenters. The van der Waals surface area contributed by atoms with Crippen molar-refractivity contribution in [1.82, 2.24) is 9.29 Å². The monoisotopic (exact) mass is 283 g/mol. The number of benzene rings is 1. The molecule has 102 valence electrons. The summed E-state index contributed by atoms with van der Waals surface area (Å²) in [6, 6.07) is 7.18. The normalized spacial score (nSPS) is 13.1. The molecule has 0 aliphatic carbocycles. The zero-order chi connectivity index (χ0) is 14.0. The van der Waals surface area contributed by atoms with Gasteiger partial charge in [-0.1, -0.05) is 12.1 Å². The van der Waals surface area contributed by atoms with Gasteiger partial charge in [0.2, 0.25) is 5.96 Å². The van der Waals surface area contributed by atoms with Crippen LogP contribution >= 0.6 is 0 Å². The van der Waals surface area contributed by atoms with Crippen LogP contribution in [0.1, 0.15) is 0 Å². The second-order valence-corrected chi connectivity index (χ2v) is 5.66. The quantitative estimate of drug-likeness (QED) is 0.621. The van der Waals surface area contributed by atoms with Crippen LogP contribution in [0.5, 0.6) is 0 Å². The van der Waals surface area contributed by atoms with Gasteiger partial charge in [0, 0.05) is 14.1 Å². The summed E-state index contributed by atoms with van der Waals surface area (Å²) in [4.78, 5) is 4.08. The van der Waals surface area contributed by atoms with E-state index in [1.165, 1.54) is 14.1 Å². The predicted molar refractivity (Wildman–Crippen MR) is 71.9 cm³/mol. The van der Waals surface area contributed by atoms with Gasteiger partial charge in [0.25, 0.3) is 0 Å². The standard InChI is InChI=1S/C10H13N5O3S/c1-15(2)19(16,17)14-9(11)13-10-12-7-5-3-4-6-8(7)18-10/h3-6H,1-2H3,(H3,11,12,13,14). The Labute approximate surface area is 110 Å². The Morgan fingerprint density at radius 3 is 2.74 bits per heavy atom. The SMILES string of the molecule is CN(C)S(=O)(=O)N=C(N)Nc1nc2ccccc2o1. The van der Waals surface area contributed by atoms with Gasteiger partial charge in [-0.15, -0.1) is 4.40 Å². The summed E-state index contributed by atoms with van der Waals surface area (Å²) in [5.41, 5.74) is 6.68. The van der Waals surface area contributed by atoms with Crippen molar-refractivity contribution in [2.24, 2.45) is 10.1 Å². The van der Waals surface area contributed by atoms with Crippen LogP contribution in [-0.4, -0.2) is 37.8 Å². The summed E-state index contributed by atoms with van der Waals surface area (Å²) < 4.78 is 32.6. The molecule has 8 nitrogen and oxygen atoms in total. The van der Waals surface area contributed by atoms with Gasteiger partial charge in [0.1, 0.15) is 5.52 Å². The van der Waals surface area contributed by atoms with E-state index in [2.05, 4.69) is 14.7 Å². The van der Waals surface area contributed by atoms with Crippen LogP contribution in [0.2, 0.25) is 0 Å². The summed E-state index contributed by atoms with van der Waals surface area (Å²) in [5, 5.41) is 2.49. The molecule has 9 heteroatoms. The van der Waals surface area contributed by atoms with Gasteiger partial charge >= 0.3 is 16.2 Å². The first-order valence-corrected chi connectivity index (χ1v) is 6.68. The number of rotatable bonds is 3. The lowest BCUT2D eigenvalue weighted by molar-refractivity contribution is 0.522. The maximum atomic E-state index is 11.5. The number of hydrogen-bond acceptors (Lipinski definition) is 4. The molecule has 0 fully saturated rings. The second kappa shape index (κ2) is 4.86. The Kier molecular flexibility index (Phi) is 3.40. The van der Waals surface area contributed by atoms with Crippen LogP contribution in [0.25, 0.3) is 11.1 Å². The van der Waals surface area contributed by atoms with E-state index >= 15 is 0 Å². The Hall–Kier alpha value is -2.13. The van der Waals surface area contributed by atoms with Gasteiger partial charge in [-0.05, 0) is 12.1 Å². The van der Waals surface area contributed by atoms with E-state index in [1.54, 1.807) is 18.2 Å². The van der Waals surface area contributed by atoms with Crippen molar-refractivity contribution in [2.45, 2.75) is 0 Å².